The summed E-state index contributed by atoms with van der Waals surface area (Å²) in [4.78, 5) is 10.5. The van der Waals surface area contributed by atoms with Crippen molar-refractivity contribution in [2.45, 2.75) is 26.1 Å². The summed E-state index contributed by atoms with van der Waals surface area (Å²) in [5.41, 5.74) is 0. The van der Waals surface area contributed by atoms with E-state index in [0.29, 0.717) is 0 Å². The molecule has 0 saturated heterocycles. The van der Waals surface area contributed by atoms with Crippen LogP contribution < -0.4 is 9.47 Å². The molecule has 1 heterocycles. The van der Waals surface area contributed by atoms with Gasteiger partial charge in [-0.3, -0.25) is 0 Å². The summed E-state index contributed by atoms with van der Waals surface area (Å²) in [6.07, 6.45) is -4.72. The molecule has 17 heavy (non-hydrogen) atoms. The molecule has 0 saturated carbocycles. The molecule has 0 aliphatic rings. The fraction of sp³-hybridized carbons (Fsp3) is 0.625. The summed E-state index contributed by atoms with van der Waals surface area (Å²) in [5.74, 6) is 0. The third-order valence-electron chi connectivity index (χ3n) is 1.27. The molecule has 0 amide bonds. The van der Waals surface area contributed by atoms with Crippen LogP contribution in [0.1, 0.15) is 13.8 Å². The zero-order valence-electron chi connectivity index (χ0n) is 8.95. The fourth-order valence-electron chi connectivity index (χ4n) is 0.789. The highest BCUT2D eigenvalue weighted by Gasteiger charge is 2.29. The van der Waals surface area contributed by atoms with Gasteiger partial charge in [0.15, 0.2) is 6.61 Å². The van der Waals surface area contributed by atoms with Gasteiger partial charge in [-0.25, -0.2) is 0 Å². The van der Waals surface area contributed by atoms with Crippen molar-refractivity contribution in [2.24, 2.45) is 0 Å². The summed E-state index contributed by atoms with van der Waals surface area (Å²) < 4.78 is 45.1. The van der Waals surface area contributed by atoms with E-state index in [-0.39, 0.29) is 17.4 Å². The molecule has 0 unspecified atom stereocenters. The van der Waals surface area contributed by atoms with Crippen LogP contribution in [0, 0.1) is 0 Å². The fourth-order valence-corrected chi connectivity index (χ4v) is 0.934. The molecule has 1 rings (SSSR count). The lowest BCUT2D eigenvalue weighted by Gasteiger charge is -2.10. The lowest BCUT2D eigenvalue weighted by Crippen LogP contribution is -2.20. The first-order valence-corrected chi connectivity index (χ1v) is 4.92. The van der Waals surface area contributed by atoms with Crippen LogP contribution in [-0.4, -0.2) is 33.8 Å². The van der Waals surface area contributed by atoms with E-state index < -0.39 is 18.8 Å². The molecule has 5 nitrogen and oxygen atoms in total. The Hall–Kier alpha value is -1.31. The van der Waals surface area contributed by atoms with Gasteiger partial charge in [0.2, 0.25) is 5.28 Å². The van der Waals surface area contributed by atoms with E-state index in [2.05, 4.69) is 19.7 Å². The first-order chi connectivity index (χ1) is 7.76. The number of halogens is 4. The summed E-state index contributed by atoms with van der Waals surface area (Å²) in [6.45, 7) is 1.90. The average molecular weight is 272 g/mol. The second-order valence-corrected chi connectivity index (χ2v) is 3.58. The Kier molecular flexibility index (Phi) is 4.33. The van der Waals surface area contributed by atoms with E-state index in [1.807, 2.05) is 0 Å². The third-order valence-corrected chi connectivity index (χ3v) is 1.44. The summed E-state index contributed by atoms with van der Waals surface area (Å²) in [6, 6.07) is -0.713. The highest BCUT2D eigenvalue weighted by molar-refractivity contribution is 6.28. The van der Waals surface area contributed by atoms with Crippen LogP contribution in [-0.2, 0) is 0 Å². The minimum Gasteiger partial charge on any atom is -0.461 e. The van der Waals surface area contributed by atoms with Crippen LogP contribution in [0.4, 0.5) is 13.2 Å². The molecule has 0 aromatic carbocycles. The lowest BCUT2D eigenvalue weighted by molar-refractivity contribution is -0.154. The summed E-state index contributed by atoms with van der Waals surface area (Å²) in [5, 5.41) is -0.298. The SMILES string of the molecule is CC(C)Oc1nc(Cl)nc(OCC(F)(F)F)n1. The Morgan fingerprint density at radius 2 is 1.76 bits per heavy atom. The van der Waals surface area contributed by atoms with E-state index in [4.69, 9.17) is 16.3 Å². The van der Waals surface area contributed by atoms with Crippen molar-refractivity contribution in [1.29, 1.82) is 0 Å². The maximum Gasteiger partial charge on any atom is 0.422 e. The molecule has 0 aliphatic carbocycles. The summed E-state index contributed by atoms with van der Waals surface area (Å²) >= 11 is 5.48. The predicted molar refractivity (Wildman–Crippen MR) is 52.2 cm³/mol. The molecule has 1 aromatic rings. The second-order valence-electron chi connectivity index (χ2n) is 3.24. The standard InChI is InChI=1S/C8H9ClF3N3O2/c1-4(2)17-7-14-5(9)13-6(15-7)16-3-8(10,11)12/h4H,3H2,1-2H3. The van der Waals surface area contributed by atoms with Gasteiger partial charge in [-0.1, -0.05) is 0 Å². The molecule has 96 valence electrons. The number of aromatic nitrogens is 3. The molecule has 0 fully saturated rings. The van der Waals surface area contributed by atoms with E-state index in [9.17, 15) is 13.2 Å². The average Bonchev–Trinajstić information content (AvgIpc) is 2.11. The monoisotopic (exact) mass is 271 g/mol. The van der Waals surface area contributed by atoms with Crippen LogP contribution in [0.2, 0.25) is 5.28 Å². The van der Waals surface area contributed by atoms with Crippen molar-refractivity contribution in [1.82, 2.24) is 15.0 Å². The Bertz CT molecular complexity index is 387. The van der Waals surface area contributed by atoms with Gasteiger partial charge in [-0.2, -0.15) is 23.1 Å². The number of hydrogen-bond acceptors (Lipinski definition) is 5. The Morgan fingerprint density at radius 3 is 2.29 bits per heavy atom. The Morgan fingerprint density at radius 1 is 1.18 bits per heavy atom. The highest BCUT2D eigenvalue weighted by Crippen LogP contribution is 2.18. The van der Waals surface area contributed by atoms with E-state index in [0.717, 1.165) is 0 Å². The molecule has 0 radical (unpaired) electrons. The van der Waals surface area contributed by atoms with Crippen LogP contribution in [0.5, 0.6) is 12.0 Å². The van der Waals surface area contributed by atoms with E-state index in [1.165, 1.54) is 0 Å². The van der Waals surface area contributed by atoms with Crippen LogP contribution in [0.25, 0.3) is 0 Å². The third kappa shape index (κ3) is 5.53. The minimum atomic E-state index is -4.47. The molecule has 0 spiro atoms. The normalized spacial score (nSPS) is 11.7. The van der Waals surface area contributed by atoms with Crippen LogP contribution in [0.15, 0.2) is 0 Å². The van der Waals surface area contributed by atoms with Gasteiger partial charge in [0.25, 0.3) is 0 Å². The van der Waals surface area contributed by atoms with Gasteiger partial charge in [0.1, 0.15) is 0 Å². The number of alkyl halides is 3. The largest absolute Gasteiger partial charge is 0.461 e. The van der Waals surface area contributed by atoms with E-state index in [1.54, 1.807) is 13.8 Å². The van der Waals surface area contributed by atoms with Crippen molar-refractivity contribution in [3.63, 3.8) is 0 Å². The van der Waals surface area contributed by atoms with Crippen LogP contribution >= 0.6 is 11.6 Å². The molecule has 0 N–H and O–H groups in total. The number of nitrogens with zero attached hydrogens (tertiary/aromatic N) is 3. The van der Waals surface area contributed by atoms with Gasteiger partial charge in [-0.15, -0.1) is 4.98 Å². The van der Waals surface area contributed by atoms with Crippen molar-refractivity contribution in [2.75, 3.05) is 6.61 Å². The zero-order valence-corrected chi connectivity index (χ0v) is 9.71. The van der Waals surface area contributed by atoms with Gasteiger partial charge in [0.05, 0.1) is 6.10 Å². The zero-order chi connectivity index (χ0) is 13.1. The predicted octanol–water partition coefficient (Wildman–Crippen LogP) is 2.25. The molecular formula is C8H9ClF3N3O2. The number of hydrogen-bond donors (Lipinski definition) is 0. The van der Waals surface area contributed by atoms with Gasteiger partial charge in [-0.05, 0) is 25.4 Å². The molecule has 9 heteroatoms. The quantitative estimate of drug-likeness (QED) is 0.841. The molecular weight excluding hydrogens is 263 g/mol. The topological polar surface area (TPSA) is 57.1 Å². The molecule has 0 atom stereocenters. The Labute approximate surface area is 99.9 Å². The molecule has 0 aliphatic heterocycles. The summed E-state index contributed by atoms with van der Waals surface area (Å²) in [7, 11) is 0. The number of ether oxygens (including phenoxy) is 2. The smallest absolute Gasteiger partial charge is 0.422 e. The van der Waals surface area contributed by atoms with Crippen LogP contribution in [0.3, 0.4) is 0 Å². The first kappa shape index (κ1) is 13.8. The second kappa shape index (κ2) is 5.35. The van der Waals surface area contributed by atoms with Crippen molar-refractivity contribution >= 4 is 11.6 Å². The molecule has 0 bridgehead atoms. The maximum atomic E-state index is 11.9. The lowest BCUT2D eigenvalue weighted by atomic mass is 10.5. The Balaban J connectivity index is 2.75. The highest BCUT2D eigenvalue weighted by atomic mass is 35.5. The number of rotatable bonds is 4. The van der Waals surface area contributed by atoms with Gasteiger partial charge < -0.3 is 9.47 Å². The van der Waals surface area contributed by atoms with Crippen molar-refractivity contribution in [3.8, 4) is 12.0 Å². The van der Waals surface area contributed by atoms with Crippen molar-refractivity contribution < 1.29 is 22.6 Å². The van der Waals surface area contributed by atoms with Crippen molar-refractivity contribution in [3.05, 3.63) is 5.28 Å². The maximum absolute atomic E-state index is 11.9. The van der Waals surface area contributed by atoms with E-state index >= 15 is 0 Å². The molecule has 1 aromatic heterocycles. The van der Waals surface area contributed by atoms with Gasteiger partial charge in [0, 0.05) is 0 Å². The first-order valence-electron chi connectivity index (χ1n) is 4.54. The minimum absolute atomic E-state index is 0.183. The van der Waals surface area contributed by atoms with Gasteiger partial charge >= 0.3 is 18.2 Å².